The molecule has 1 rings (SSSR count). The van der Waals surface area contributed by atoms with E-state index < -0.39 is 6.10 Å². The summed E-state index contributed by atoms with van der Waals surface area (Å²) in [7, 11) is 0. The molecule has 0 radical (unpaired) electrons. The van der Waals surface area contributed by atoms with Crippen LogP contribution >= 0.6 is 11.6 Å². The molecule has 20 heavy (non-hydrogen) atoms. The quantitative estimate of drug-likeness (QED) is 0.813. The summed E-state index contributed by atoms with van der Waals surface area (Å²) in [6.45, 7) is 6.16. The predicted octanol–water partition coefficient (Wildman–Crippen LogP) is 2.55. The van der Waals surface area contributed by atoms with Gasteiger partial charge in [-0.1, -0.05) is 25.4 Å². The minimum absolute atomic E-state index is 0.0414. The lowest BCUT2D eigenvalue weighted by Crippen LogP contribution is -2.32. The second kappa shape index (κ2) is 8.12. The topological polar surface area (TPSA) is 58.6 Å². The molecule has 1 amide bonds. The molecule has 4 nitrogen and oxygen atoms in total. The van der Waals surface area contributed by atoms with Crippen LogP contribution in [-0.4, -0.2) is 30.3 Å². The zero-order valence-electron chi connectivity index (χ0n) is 12.1. The molecule has 0 bridgehead atoms. The molecule has 2 N–H and O–H groups in total. The second-order valence-electron chi connectivity index (χ2n) is 5.15. The lowest BCUT2D eigenvalue weighted by molar-refractivity contribution is -0.123. The van der Waals surface area contributed by atoms with Crippen LogP contribution < -0.4 is 10.1 Å². The number of rotatable bonds is 7. The molecule has 1 unspecified atom stereocenters. The number of aliphatic hydroxyl groups is 1. The van der Waals surface area contributed by atoms with E-state index in [1.54, 1.807) is 18.2 Å². The summed E-state index contributed by atoms with van der Waals surface area (Å²) >= 11 is 5.84. The van der Waals surface area contributed by atoms with Crippen molar-refractivity contribution in [2.24, 2.45) is 5.92 Å². The number of hydrogen-bond donors (Lipinski definition) is 2. The Labute approximate surface area is 125 Å². The highest BCUT2D eigenvalue weighted by atomic mass is 35.5. The zero-order chi connectivity index (χ0) is 15.1. The Balaban J connectivity index is 2.29. The van der Waals surface area contributed by atoms with Gasteiger partial charge in [0.2, 0.25) is 0 Å². The third-order valence-corrected chi connectivity index (χ3v) is 3.26. The van der Waals surface area contributed by atoms with E-state index in [-0.39, 0.29) is 18.4 Å². The van der Waals surface area contributed by atoms with Gasteiger partial charge < -0.3 is 15.2 Å². The van der Waals surface area contributed by atoms with E-state index in [9.17, 15) is 9.90 Å². The van der Waals surface area contributed by atoms with Crippen molar-refractivity contribution in [1.82, 2.24) is 5.32 Å². The average Bonchev–Trinajstić information content (AvgIpc) is 2.37. The van der Waals surface area contributed by atoms with Crippen LogP contribution in [0.3, 0.4) is 0 Å². The normalized spacial score (nSPS) is 12.3. The number of hydrogen-bond acceptors (Lipinski definition) is 3. The molecule has 0 aliphatic carbocycles. The summed E-state index contributed by atoms with van der Waals surface area (Å²) < 4.78 is 5.43. The number of benzene rings is 1. The summed E-state index contributed by atoms with van der Waals surface area (Å²) in [5.74, 6) is 0.641. The molecule has 1 aromatic carbocycles. The molecule has 0 spiro atoms. The lowest BCUT2D eigenvalue weighted by atomic mass is 10.0. The number of amides is 1. The van der Waals surface area contributed by atoms with Gasteiger partial charge in [-0.25, -0.2) is 0 Å². The van der Waals surface area contributed by atoms with Gasteiger partial charge in [0.15, 0.2) is 6.61 Å². The van der Waals surface area contributed by atoms with E-state index in [4.69, 9.17) is 16.3 Å². The van der Waals surface area contributed by atoms with E-state index in [2.05, 4.69) is 5.32 Å². The molecule has 0 saturated carbocycles. The summed E-state index contributed by atoms with van der Waals surface area (Å²) in [5, 5.41) is 13.0. The van der Waals surface area contributed by atoms with Gasteiger partial charge in [0, 0.05) is 11.6 Å². The van der Waals surface area contributed by atoms with E-state index in [1.807, 2.05) is 20.8 Å². The fourth-order valence-electron chi connectivity index (χ4n) is 1.66. The maximum Gasteiger partial charge on any atom is 0.257 e. The number of aryl methyl sites for hydroxylation is 1. The maximum atomic E-state index is 11.6. The SMILES string of the molecule is Cc1cc(Cl)ccc1OCC(=O)NCCC(O)C(C)C. The highest BCUT2D eigenvalue weighted by Crippen LogP contribution is 2.21. The number of aliphatic hydroxyl groups excluding tert-OH is 1. The molecule has 0 aliphatic heterocycles. The highest BCUT2D eigenvalue weighted by Gasteiger charge is 2.10. The predicted molar refractivity (Wildman–Crippen MR) is 80.2 cm³/mol. The van der Waals surface area contributed by atoms with Crippen molar-refractivity contribution in [1.29, 1.82) is 0 Å². The van der Waals surface area contributed by atoms with Crippen molar-refractivity contribution in [2.75, 3.05) is 13.2 Å². The van der Waals surface area contributed by atoms with Gasteiger partial charge in [0.25, 0.3) is 5.91 Å². The fraction of sp³-hybridized carbons (Fsp3) is 0.533. The van der Waals surface area contributed by atoms with Crippen LogP contribution in [0.15, 0.2) is 18.2 Å². The van der Waals surface area contributed by atoms with Gasteiger partial charge in [-0.05, 0) is 43.0 Å². The summed E-state index contributed by atoms with van der Waals surface area (Å²) in [6, 6.07) is 5.25. The Hall–Kier alpha value is -1.26. The Morgan fingerprint density at radius 3 is 2.75 bits per heavy atom. The van der Waals surface area contributed by atoms with Gasteiger partial charge in [-0.15, -0.1) is 0 Å². The van der Waals surface area contributed by atoms with E-state index in [0.717, 1.165) is 5.56 Å². The monoisotopic (exact) mass is 299 g/mol. The number of carbonyl (C=O) groups is 1. The van der Waals surface area contributed by atoms with Crippen LogP contribution in [-0.2, 0) is 4.79 Å². The third kappa shape index (κ3) is 5.80. The average molecular weight is 300 g/mol. The number of nitrogens with one attached hydrogen (secondary N) is 1. The first-order valence-electron chi connectivity index (χ1n) is 6.74. The number of carbonyl (C=O) groups excluding carboxylic acids is 1. The van der Waals surface area contributed by atoms with Crippen LogP contribution in [0.1, 0.15) is 25.8 Å². The number of ether oxygens (including phenoxy) is 1. The smallest absolute Gasteiger partial charge is 0.257 e. The van der Waals surface area contributed by atoms with Crippen molar-refractivity contribution in [3.63, 3.8) is 0 Å². The van der Waals surface area contributed by atoms with Crippen LogP contribution in [0.2, 0.25) is 5.02 Å². The Bertz CT molecular complexity index is 449. The van der Waals surface area contributed by atoms with Crippen molar-refractivity contribution in [3.8, 4) is 5.75 Å². The first-order chi connectivity index (χ1) is 9.40. The van der Waals surface area contributed by atoms with Crippen molar-refractivity contribution in [3.05, 3.63) is 28.8 Å². The van der Waals surface area contributed by atoms with Gasteiger partial charge in [-0.2, -0.15) is 0 Å². The largest absolute Gasteiger partial charge is 0.484 e. The molecule has 5 heteroatoms. The van der Waals surface area contributed by atoms with Crippen LogP contribution in [0, 0.1) is 12.8 Å². The van der Waals surface area contributed by atoms with Crippen LogP contribution in [0.25, 0.3) is 0 Å². The van der Waals surface area contributed by atoms with Crippen LogP contribution in [0.4, 0.5) is 0 Å². The minimum Gasteiger partial charge on any atom is -0.484 e. The Kier molecular flexibility index (Phi) is 6.82. The number of halogens is 1. The summed E-state index contributed by atoms with van der Waals surface area (Å²) in [5.41, 5.74) is 0.889. The van der Waals surface area contributed by atoms with Gasteiger partial charge >= 0.3 is 0 Å². The molecule has 0 aliphatic rings. The molecule has 1 atom stereocenters. The maximum absolute atomic E-state index is 11.6. The standard InChI is InChI=1S/C15H22ClNO3/c1-10(2)13(18)6-7-17-15(19)9-20-14-5-4-12(16)8-11(14)3/h4-5,8,10,13,18H,6-7,9H2,1-3H3,(H,17,19). The molecule has 0 saturated heterocycles. The van der Waals surface area contributed by atoms with E-state index in [0.29, 0.717) is 23.7 Å². The Morgan fingerprint density at radius 2 is 2.15 bits per heavy atom. The fourth-order valence-corrected chi connectivity index (χ4v) is 1.89. The molecule has 0 fully saturated rings. The Morgan fingerprint density at radius 1 is 1.45 bits per heavy atom. The van der Waals surface area contributed by atoms with Crippen molar-refractivity contribution >= 4 is 17.5 Å². The molecular weight excluding hydrogens is 278 g/mol. The van der Waals surface area contributed by atoms with E-state index in [1.165, 1.54) is 0 Å². The minimum atomic E-state index is -0.394. The zero-order valence-corrected chi connectivity index (χ0v) is 12.9. The third-order valence-electron chi connectivity index (χ3n) is 3.03. The van der Waals surface area contributed by atoms with Gasteiger partial charge in [0.05, 0.1) is 6.10 Å². The molecule has 0 heterocycles. The van der Waals surface area contributed by atoms with Crippen molar-refractivity contribution < 1.29 is 14.6 Å². The highest BCUT2D eigenvalue weighted by molar-refractivity contribution is 6.30. The second-order valence-corrected chi connectivity index (χ2v) is 5.58. The molecule has 112 valence electrons. The first-order valence-corrected chi connectivity index (χ1v) is 7.11. The molecular formula is C15H22ClNO3. The lowest BCUT2D eigenvalue weighted by Gasteiger charge is -2.14. The van der Waals surface area contributed by atoms with Gasteiger partial charge in [-0.3, -0.25) is 4.79 Å². The summed E-state index contributed by atoms with van der Waals surface area (Å²) in [4.78, 5) is 11.6. The van der Waals surface area contributed by atoms with Crippen molar-refractivity contribution in [2.45, 2.75) is 33.3 Å². The van der Waals surface area contributed by atoms with Gasteiger partial charge in [0.1, 0.15) is 5.75 Å². The van der Waals surface area contributed by atoms with Crippen LogP contribution in [0.5, 0.6) is 5.75 Å². The molecule has 0 aromatic heterocycles. The van der Waals surface area contributed by atoms with E-state index >= 15 is 0 Å². The first kappa shape index (κ1) is 16.8. The summed E-state index contributed by atoms with van der Waals surface area (Å²) in [6.07, 6.45) is 0.151. The molecule has 1 aromatic rings.